The van der Waals surface area contributed by atoms with Crippen LogP contribution >= 0.6 is 23.2 Å². The van der Waals surface area contributed by atoms with Gasteiger partial charge < -0.3 is 25.4 Å². The number of fused-ring (bicyclic) bond motifs is 1. The first-order valence-electron chi connectivity index (χ1n) is 16.7. The molecule has 12 heteroatoms. The zero-order valence-corrected chi connectivity index (χ0v) is 28.8. The number of rotatable bonds is 9. The van der Waals surface area contributed by atoms with Crippen LogP contribution in [0.4, 0.5) is 0 Å². The summed E-state index contributed by atoms with van der Waals surface area (Å²) in [5.74, 6) is 4.86. The number of aryl methyl sites for hydroxylation is 1. The predicted molar refractivity (Wildman–Crippen MR) is 186 cm³/mol. The minimum atomic E-state index is -0.958. The Labute approximate surface area is 291 Å². The normalized spacial score (nSPS) is 19.5. The molecule has 1 aromatic heterocycles. The molecule has 3 aliphatic heterocycles. The fraction of sp³-hybridized carbons (Fsp3) is 0.472. The fourth-order valence-electron chi connectivity index (χ4n) is 6.62. The molecule has 3 aliphatic rings. The standard InChI is InChI=1S/C36H42Cl2N6O4/c1-24-23-47-17-15-42(24)12-3-13-44-33-11-14-43(36(46)35(39)45)22-30(33)34(41-44)27-8-10-31(37)26(19-27)7-5-25-6-9-32(38)28(18-25)20-40-21-29-4-2-16-48-29/h6,8-10,18-19,24,29,40H,2-4,11-17,20-23H2,1H3,(H2,39,45)/t24-,29+/m0/s1. The van der Waals surface area contributed by atoms with Crippen LogP contribution in [0.5, 0.6) is 0 Å². The lowest BCUT2D eigenvalue weighted by Gasteiger charge is -2.33. The number of morpholine rings is 1. The lowest BCUT2D eigenvalue weighted by atomic mass is 9.99. The molecule has 2 aromatic carbocycles. The van der Waals surface area contributed by atoms with Crippen molar-refractivity contribution in [3.63, 3.8) is 0 Å². The van der Waals surface area contributed by atoms with E-state index in [1.54, 1.807) is 0 Å². The average molecular weight is 694 g/mol. The van der Waals surface area contributed by atoms with E-state index in [4.69, 9.17) is 43.5 Å². The van der Waals surface area contributed by atoms with Crippen LogP contribution in [0.15, 0.2) is 36.4 Å². The van der Waals surface area contributed by atoms with Crippen LogP contribution in [0, 0.1) is 11.8 Å². The number of carbonyl (C=O) groups is 2. The molecule has 48 heavy (non-hydrogen) atoms. The third kappa shape index (κ3) is 8.23. The first-order chi connectivity index (χ1) is 23.3. The summed E-state index contributed by atoms with van der Waals surface area (Å²) in [5.41, 5.74) is 11.4. The molecule has 2 fully saturated rings. The number of hydrogen-bond donors (Lipinski definition) is 2. The van der Waals surface area contributed by atoms with Gasteiger partial charge in [-0.2, -0.15) is 5.10 Å². The largest absolute Gasteiger partial charge is 0.379 e. The van der Waals surface area contributed by atoms with Gasteiger partial charge in [0.05, 0.1) is 36.6 Å². The number of nitrogens with zero attached hydrogens (tertiary/aromatic N) is 4. The molecule has 2 atom stereocenters. The molecular formula is C36H42Cl2N6O4. The van der Waals surface area contributed by atoms with Crippen molar-refractivity contribution in [3.8, 4) is 23.1 Å². The second kappa shape index (κ2) is 15.9. The predicted octanol–water partition coefficient (Wildman–Crippen LogP) is 4.01. The SMILES string of the molecule is C[C@H]1COCCN1CCCn1nc(-c2ccc(Cl)c(C#Cc3ccc(Cl)c(CNC[C@H]4CCCO4)c3)c2)c2c1CCN(C(=O)C(N)=O)C2. The first-order valence-corrected chi connectivity index (χ1v) is 17.4. The Morgan fingerprint density at radius 1 is 1.08 bits per heavy atom. The highest BCUT2D eigenvalue weighted by atomic mass is 35.5. The van der Waals surface area contributed by atoms with Gasteiger partial charge in [-0.15, -0.1) is 0 Å². The van der Waals surface area contributed by atoms with Crippen LogP contribution in [0.2, 0.25) is 10.0 Å². The lowest BCUT2D eigenvalue weighted by Crippen LogP contribution is -2.44. The highest BCUT2D eigenvalue weighted by Crippen LogP contribution is 2.32. The summed E-state index contributed by atoms with van der Waals surface area (Å²) in [6.45, 7) is 9.19. The van der Waals surface area contributed by atoms with Crippen molar-refractivity contribution >= 4 is 35.0 Å². The van der Waals surface area contributed by atoms with Gasteiger partial charge in [-0.3, -0.25) is 19.2 Å². The molecule has 2 amide bonds. The van der Waals surface area contributed by atoms with E-state index in [2.05, 4.69) is 33.7 Å². The Hall–Kier alpha value is -3.43. The van der Waals surface area contributed by atoms with Crippen molar-refractivity contribution in [2.24, 2.45) is 5.73 Å². The quantitative estimate of drug-likeness (QED) is 0.257. The third-order valence-corrected chi connectivity index (χ3v) is 9.99. The molecular weight excluding hydrogens is 651 g/mol. The van der Waals surface area contributed by atoms with Gasteiger partial charge in [-0.25, -0.2) is 0 Å². The summed E-state index contributed by atoms with van der Waals surface area (Å²) in [6, 6.07) is 11.8. The number of nitrogens with two attached hydrogens (primary N) is 1. The van der Waals surface area contributed by atoms with E-state index >= 15 is 0 Å². The molecule has 254 valence electrons. The zero-order chi connectivity index (χ0) is 33.6. The van der Waals surface area contributed by atoms with E-state index in [9.17, 15) is 9.59 Å². The molecule has 0 unspecified atom stereocenters. The van der Waals surface area contributed by atoms with E-state index in [1.807, 2.05) is 36.4 Å². The second-order valence-electron chi connectivity index (χ2n) is 12.7. The zero-order valence-electron chi connectivity index (χ0n) is 27.3. The van der Waals surface area contributed by atoms with E-state index in [0.717, 1.165) is 98.9 Å². The van der Waals surface area contributed by atoms with Crippen molar-refractivity contribution in [1.29, 1.82) is 0 Å². The second-order valence-corrected chi connectivity index (χ2v) is 13.5. The van der Waals surface area contributed by atoms with Crippen molar-refractivity contribution in [3.05, 3.63) is 74.4 Å². The van der Waals surface area contributed by atoms with Gasteiger partial charge in [0.1, 0.15) is 0 Å². The summed E-state index contributed by atoms with van der Waals surface area (Å²) in [4.78, 5) is 28.3. The maximum absolute atomic E-state index is 12.6. The molecule has 0 radical (unpaired) electrons. The van der Waals surface area contributed by atoms with Gasteiger partial charge in [-0.1, -0.05) is 41.1 Å². The van der Waals surface area contributed by atoms with Crippen molar-refractivity contribution in [1.82, 2.24) is 24.9 Å². The number of nitrogens with one attached hydrogen (secondary N) is 1. The van der Waals surface area contributed by atoms with Crippen LogP contribution in [-0.2, 0) is 45.1 Å². The molecule has 0 saturated carbocycles. The van der Waals surface area contributed by atoms with E-state index < -0.39 is 11.8 Å². The number of halogens is 2. The van der Waals surface area contributed by atoms with Crippen LogP contribution in [0.25, 0.3) is 11.3 Å². The molecule has 0 bridgehead atoms. The number of ether oxygens (including phenoxy) is 2. The van der Waals surface area contributed by atoms with Gasteiger partial charge >= 0.3 is 11.8 Å². The minimum Gasteiger partial charge on any atom is -0.379 e. The van der Waals surface area contributed by atoms with Crippen molar-refractivity contribution in [2.45, 2.75) is 64.4 Å². The Balaban J connectivity index is 1.23. The smallest absolute Gasteiger partial charge is 0.311 e. The topological polar surface area (TPSA) is 115 Å². The third-order valence-electron chi connectivity index (χ3n) is 9.29. The summed E-state index contributed by atoms with van der Waals surface area (Å²) >= 11 is 13.2. The van der Waals surface area contributed by atoms with Crippen LogP contribution < -0.4 is 11.1 Å². The Bertz CT molecular complexity index is 1710. The van der Waals surface area contributed by atoms with Gasteiger partial charge in [0.25, 0.3) is 0 Å². The van der Waals surface area contributed by atoms with Gasteiger partial charge in [0, 0.05) is 91.3 Å². The lowest BCUT2D eigenvalue weighted by molar-refractivity contribution is -0.144. The van der Waals surface area contributed by atoms with Crippen molar-refractivity contribution < 1.29 is 19.1 Å². The molecule has 3 aromatic rings. The Kier molecular flexibility index (Phi) is 11.4. The van der Waals surface area contributed by atoms with Crippen LogP contribution in [0.1, 0.15) is 54.1 Å². The van der Waals surface area contributed by atoms with E-state index in [1.165, 1.54) is 4.90 Å². The van der Waals surface area contributed by atoms with Crippen molar-refractivity contribution in [2.75, 3.05) is 46.0 Å². The number of hydrogen-bond acceptors (Lipinski definition) is 7. The molecule has 3 N–H and O–H groups in total. The number of carbonyl (C=O) groups excluding carboxylic acids is 2. The molecule has 0 spiro atoms. The molecule has 4 heterocycles. The highest BCUT2D eigenvalue weighted by Gasteiger charge is 2.30. The number of aromatic nitrogens is 2. The number of primary amides is 1. The monoisotopic (exact) mass is 692 g/mol. The number of benzene rings is 2. The number of amides is 2. The summed E-state index contributed by atoms with van der Waals surface area (Å²) in [5, 5.41) is 9.73. The average Bonchev–Trinajstić information content (AvgIpc) is 3.74. The van der Waals surface area contributed by atoms with Gasteiger partial charge in [0.2, 0.25) is 0 Å². The highest BCUT2D eigenvalue weighted by molar-refractivity contribution is 6.34. The maximum atomic E-state index is 12.6. The molecule has 0 aliphatic carbocycles. The molecule has 6 rings (SSSR count). The van der Waals surface area contributed by atoms with E-state index in [-0.39, 0.29) is 12.6 Å². The van der Waals surface area contributed by atoms with Gasteiger partial charge in [-0.05, 0) is 62.1 Å². The summed E-state index contributed by atoms with van der Waals surface area (Å²) < 4.78 is 13.4. The molecule has 10 nitrogen and oxygen atoms in total. The summed E-state index contributed by atoms with van der Waals surface area (Å²) in [7, 11) is 0. The van der Waals surface area contributed by atoms with Crippen LogP contribution in [0.3, 0.4) is 0 Å². The first kappa shape index (κ1) is 34.4. The van der Waals surface area contributed by atoms with Crippen LogP contribution in [-0.4, -0.2) is 89.5 Å². The minimum absolute atomic E-state index is 0.254. The fourth-order valence-corrected chi connectivity index (χ4v) is 6.97. The van der Waals surface area contributed by atoms with E-state index in [0.29, 0.717) is 41.2 Å². The Morgan fingerprint density at radius 3 is 2.73 bits per heavy atom. The summed E-state index contributed by atoms with van der Waals surface area (Å²) in [6.07, 6.45) is 3.94. The molecule has 2 saturated heterocycles. The van der Waals surface area contributed by atoms with Gasteiger partial charge in [0.15, 0.2) is 0 Å². The Morgan fingerprint density at radius 2 is 1.94 bits per heavy atom. The maximum Gasteiger partial charge on any atom is 0.311 e.